The van der Waals surface area contributed by atoms with Gasteiger partial charge < -0.3 is 10.6 Å². The maximum absolute atomic E-state index is 6.34. The molecular formula is C27H27N5. The molecule has 2 N–H and O–H groups in total. The van der Waals surface area contributed by atoms with Crippen LogP contribution in [-0.4, -0.2) is 19.7 Å². The summed E-state index contributed by atoms with van der Waals surface area (Å²) in [6.07, 6.45) is 13.6. The molecule has 0 saturated heterocycles. The van der Waals surface area contributed by atoms with Crippen LogP contribution in [0.5, 0.6) is 0 Å². The monoisotopic (exact) mass is 421 g/mol. The van der Waals surface area contributed by atoms with Crippen molar-refractivity contribution in [3.05, 3.63) is 91.5 Å². The van der Waals surface area contributed by atoms with Crippen LogP contribution in [0.3, 0.4) is 0 Å². The first kappa shape index (κ1) is 20.1. The van der Waals surface area contributed by atoms with Crippen LogP contribution in [0.4, 0.5) is 5.82 Å². The molecule has 3 heterocycles. The van der Waals surface area contributed by atoms with Gasteiger partial charge >= 0.3 is 0 Å². The van der Waals surface area contributed by atoms with Crippen molar-refractivity contribution >= 4 is 28.5 Å². The van der Waals surface area contributed by atoms with Gasteiger partial charge in [0.15, 0.2) is 0 Å². The van der Waals surface area contributed by atoms with Gasteiger partial charge in [0.1, 0.15) is 11.5 Å². The second kappa shape index (κ2) is 7.68. The van der Waals surface area contributed by atoms with E-state index in [1.54, 1.807) is 18.3 Å². The first-order valence-electron chi connectivity index (χ1n) is 10.9. The highest BCUT2D eigenvalue weighted by Gasteiger charge is 2.30. The smallest absolute Gasteiger partial charge is 0.135 e. The van der Waals surface area contributed by atoms with E-state index in [2.05, 4.69) is 60.6 Å². The molecule has 1 aliphatic heterocycles. The number of anilines is 1. The van der Waals surface area contributed by atoms with Crippen molar-refractivity contribution in [3.8, 4) is 11.3 Å². The van der Waals surface area contributed by atoms with Gasteiger partial charge in [-0.1, -0.05) is 44.9 Å². The molecule has 0 unspecified atom stereocenters. The zero-order chi connectivity index (χ0) is 22.4. The summed E-state index contributed by atoms with van der Waals surface area (Å²) in [6, 6.07) is 8.78. The van der Waals surface area contributed by atoms with Crippen LogP contribution in [-0.2, 0) is 0 Å². The molecule has 160 valence electrons. The van der Waals surface area contributed by atoms with Crippen LogP contribution < -0.4 is 5.73 Å². The average molecular weight is 422 g/mol. The van der Waals surface area contributed by atoms with Gasteiger partial charge in [-0.05, 0) is 54.7 Å². The molecule has 0 spiro atoms. The summed E-state index contributed by atoms with van der Waals surface area (Å²) in [7, 11) is 0. The van der Waals surface area contributed by atoms with Crippen molar-refractivity contribution in [1.29, 1.82) is 0 Å². The third kappa shape index (κ3) is 3.09. The fraction of sp³-hybridized carbons (Fsp3) is 0.185. The van der Waals surface area contributed by atoms with Gasteiger partial charge in [0.25, 0.3) is 0 Å². The lowest BCUT2D eigenvalue weighted by molar-refractivity contribution is 0.206. The predicted molar refractivity (Wildman–Crippen MR) is 133 cm³/mol. The Hall–Kier alpha value is -3.86. The van der Waals surface area contributed by atoms with Gasteiger partial charge in [-0.3, -0.25) is 4.68 Å². The lowest BCUT2D eigenvalue weighted by Crippen LogP contribution is -2.25. The average Bonchev–Trinajstić information content (AvgIpc) is 3.16. The first-order valence-corrected chi connectivity index (χ1v) is 10.9. The van der Waals surface area contributed by atoms with Crippen molar-refractivity contribution in [2.24, 2.45) is 5.92 Å². The summed E-state index contributed by atoms with van der Waals surface area (Å²) in [4.78, 5) is 6.37. The maximum atomic E-state index is 6.34. The zero-order valence-electron chi connectivity index (χ0n) is 18.3. The summed E-state index contributed by atoms with van der Waals surface area (Å²) in [5.41, 5.74) is 13.2. The topological polar surface area (TPSA) is 60.0 Å². The fourth-order valence-corrected chi connectivity index (χ4v) is 4.74. The number of nitrogens with zero attached hydrogens (tertiary/aromatic N) is 4. The van der Waals surface area contributed by atoms with Gasteiger partial charge in [0, 0.05) is 34.9 Å². The minimum absolute atomic E-state index is 0.410. The molecule has 5 heteroatoms. The number of aromatic nitrogens is 3. The molecule has 5 rings (SSSR count). The quantitative estimate of drug-likeness (QED) is 0.501. The molecule has 1 fully saturated rings. The van der Waals surface area contributed by atoms with Crippen molar-refractivity contribution in [2.45, 2.75) is 25.8 Å². The van der Waals surface area contributed by atoms with E-state index in [1.165, 1.54) is 0 Å². The van der Waals surface area contributed by atoms with E-state index >= 15 is 0 Å². The van der Waals surface area contributed by atoms with Crippen LogP contribution in [0.2, 0.25) is 0 Å². The summed E-state index contributed by atoms with van der Waals surface area (Å²) in [5, 5.41) is 5.96. The number of nitrogen functional groups attached to an aromatic ring is 1. The molecule has 0 amide bonds. The van der Waals surface area contributed by atoms with Gasteiger partial charge in [-0.15, -0.1) is 0 Å². The van der Waals surface area contributed by atoms with E-state index in [0.717, 1.165) is 63.4 Å². The van der Waals surface area contributed by atoms with E-state index in [4.69, 9.17) is 10.8 Å². The van der Waals surface area contributed by atoms with E-state index in [9.17, 15) is 0 Å². The standard InChI is InChI=1S/C27H27N5/c1-5-7-21(6-2)31-13-11-19-8-9-20(16-23(19)18(31)4)26-25-24(10-12-29-27(25)28)32(30-26)22-14-17(3)15-22/h5-13,16-17,22H,1-2,4,14-15H2,3H3,(H2,28,29)/b21-7+. The summed E-state index contributed by atoms with van der Waals surface area (Å²) < 4.78 is 2.14. The Labute approximate surface area is 188 Å². The largest absolute Gasteiger partial charge is 0.383 e. The third-order valence-corrected chi connectivity index (χ3v) is 6.45. The normalized spacial score (nSPS) is 20.2. The van der Waals surface area contributed by atoms with Crippen LogP contribution in [0.1, 0.15) is 36.9 Å². The molecule has 32 heavy (non-hydrogen) atoms. The molecule has 2 aliphatic rings. The van der Waals surface area contributed by atoms with Gasteiger partial charge in [-0.25, -0.2) is 4.98 Å². The number of hydrogen-bond acceptors (Lipinski definition) is 4. The molecule has 1 aliphatic carbocycles. The molecule has 0 radical (unpaired) electrons. The Morgan fingerprint density at radius 2 is 2.03 bits per heavy atom. The van der Waals surface area contributed by atoms with Crippen LogP contribution in [0, 0.1) is 5.92 Å². The molecular weight excluding hydrogens is 394 g/mol. The SMILES string of the molecule is C=C/C=C(\C=C)N1C=Cc2ccc(-c3nn(C4CC(C)C4)c4ccnc(N)c34)cc2C1=C. The van der Waals surface area contributed by atoms with Crippen molar-refractivity contribution < 1.29 is 0 Å². The van der Waals surface area contributed by atoms with E-state index in [0.29, 0.717) is 11.9 Å². The van der Waals surface area contributed by atoms with Crippen molar-refractivity contribution in [3.63, 3.8) is 0 Å². The van der Waals surface area contributed by atoms with Crippen LogP contribution in [0.25, 0.3) is 33.9 Å². The molecule has 1 aromatic carbocycles. The van der Waals surface area contributed by atoms with E-state index < -0.39 is 0 Å². The molecule has 3 aromatic rings. The molecule has 2 aromatic heterocycles. The summed E-state index contributed by atoms with van der Waals surface area (Å²) in [6.45, 7) is 14.4. The summed E-state index contributed by atoms with van der Waals surface area (Å²) in [5.74, 6) is 1.24. The van der Waals surface area contributed by atoms with Gasteiger partial charge in [-0.2, -0.15) is 5.10 Å². The first-order chi connectivity index (χ1) is 15.5. The number of rotatable bonds is 5. The van der Waals surface area contributed by atoms with Gasteiger partial charge in [0.2, 0.25) is 0 Å². The minimum atomic E-state index is 0.410. The zero-order valence-corrected chi connectivity index (χ0v) is 18.3. The predicted octanol–water partition coefficient (Wildman–Crippen LogP) is 6.16. The highest BCUT2D eigenvalue weighted by atomic mass is 15.3. The number of pyridine rings is 1. The highest BCUT2D eigenvalue weighted by Crippen LogP contribution is 2.42. The van der Waals surface area contributed by atoms with Gasteiger partial charge in [0.05, 0.1) is 16.9 Å². The highest BCUT2D eigenvalue weighted by molar-refractivity contribution is 6.00. The Morgan fingerprint density at radius 3 is 2.75 bits per heavy atom. The Bertz CT molecular complexity index is 1320. The van der Waals surface area contributed by atoms with E-state index in [1.807, 2.05) is 23.2 Å². The summed E-state index contributed by atoms with van der Waals surface area (Å²) >= 11 is 0. The van der Waals surface area contributed by atoms with Crippen LogP contribution >= 0.6 is 0 Å². The fourth-order valence-electron chi connectivity index (χ4n) is 4.74. The van der Waals surface area contributed by atoms with Crippen LogP contribution in [0.15, 0.2) is 80.3 Å². The Kier molecular flexibility index (Phi) is 4.82. The number of benzene rings is 1. The number of hydrogen-bond donors (Lipinski definition) is 1. The minimum Gasteiger partial charge on any atom is -0.383 e. The second-order valence-corrected chi connectivity index (χ2v) is 8.58. The maximum Gasteiger partial charge on any atom is 0.135 e. The van der Waals surface area contributed by atoms with Crippen molar-refractivity contribution in [1.82, 2.24) is 19.7 Å². The number of fused-ring (bicyclic) bond motifs is 2. The Balaban J connectivity index is 1.63. The molecule has 5 nitrogen and oxygen atoms in total. The van der Waals surface area contributed by atoms with E-state index in [-0.39, 0.29) is 0 Å². The lowest BCUT2D eigenvalue weighted by atomic mass is 9.82. The molecule has 1 saturated carbocycles. The number of allylic oxidation sites excluding steroid dienone is 3. The third-order valence-electron chi connectivity index (χ3n) is 6.45. The lowest BCUT2D eigenvalue weighted by Gasteiger charge is -2.33. The second-order valence-electron chi connectivity index (χ2n) is 8.58. The Morgan fingerprint density at radius 1 is 1.22 bits per heavy atom. The van der Waals surface area contributed by atoms with Crippen molar-refractivity contribution in [2.75, 3.05) is 5.73 Å². The molecule has 0 atom stereocenters. The number of nitrogens with two attached hydrogens (primary N) is 1. The molecule has 0 bridgehead atoms.